The lowest BCUT2D eigenvalue weighted by atomic mass is 9.79. The van der Waals surface area contributed by atoms with Crippen LogP contribution in [0.1, 0.15) is 31.2 Å². The van der Waals surface area contributed by atoms with Gasteiger partial charge in [0.05, 0.1) is 11.1 Å². The van der Waals surface area contributed by atoms with Gasteiger partial charge in [-0.15, -0.1) is 0 Å². The molecule has 2 heterocycles. The summed E-state index contributed by atoms with van der Waals surface area (Å²) in [5, 5.41) is 3.07. The van der Waals surface area contributed by atoms with E-state index < -0.39 is 0 Å². The molecule has 1 aromatic heterocycles. The number of imidazole rings is 1. The predicted octanol–water partition coefficient (Wildman–Crippen LogP) is 4.51. The third-order valence-electron chi connectivity index (χ3n) is 5.60. The Labute approximate surface area is 146 Å². The van der Waals surface area contributed by atoms with E-state index in [1.807, 2.05) is 48.7 Å². The van der Waals surface area contributed by atoms with Gasteiger partial charge in [0.2, 0.25) is 5.91 Å². The van der Waals surface area contributed by atoms with Gasteiger partial charge in [-0.25, -0.2) is 4.98 Å². The Hall–Kier alpha value is -2.88. The summed E-state index contributed by atoms with van der Waals surface area (Å²) in [6, 6.07) is 16.3. The van der Waals surface area contributed by atoms with Gasteiger partial charge >= 0.3 is 0 Å². The standard InChI is InChI=1S/C21H19N3O/c25-20-21(10-4-5-11-21)16-12-15(8-9-17(16)24-20)18-13-22-19(23-18)14-6-2-1-3-7-14/h1-3,6-9,12-13H,4-5,10-11H2,(H,22,23)(H,24,25). The molecule has 2 N–H and O–H groups in total. The second kappa shape index (κ2) is 5.31. The number of H-pyrrole nitrogens is 1. The minimum Gasteiger partial charge on any atom is -0.344 e. The highest BCUT2D eigenvalue weighted by Gasteiger charge is 2.48. The number of nitrogens with one attached hydrogen (secondary N) is 2. The number of benzene rings is 2. The van der Waals surface area contributed by atoms with Gasteiger partial charge in [0.1, 0.15) is 5.82 Å². The van der Waals surface area contributed by atoms with E-state index in [0.717, 1.165) is 59.6 Å². The molecular weight excluding hydrogens is 310 g/mol. The van der Waals surface area contributed by atoms with Crippen molar-refractivity contribution in [1.29, 1.82) is 0 Å². The lowest BCUT2D eigenvalue weighted by molar-refractivity contribution is -0.120. The molecule has 0 bridgehead atoms. The number of hydrogen-bond acceptors (Lipinski definition) is 2. The Kier molecular flexibility index (Phi) is 3.07. The smallest absolute Gasteiger partial charge is 0.235 e. The van der Waals surface area contributed by atoms with Crippen molar-refractivity contribution in [2.45, 2.75) is 31.1 Å². The number of anilines is 1. The minimum atomic E-state index is -0.316. The molecule has 0 atom stereocenters. The van der Waals surface area contributed by atoms with Crippen LogP contribution in [-0.2, 0) is 10.2 Å². The van der Waals surface area contributed by atoms with Crippen molar-refractivity contribution < 1.29 is 4.79 Å². The van der Waals surface area contributed by atoms with Gasteiger partial charge in [-0.05, 0) is 30.5 Å². The van der Waals surface area contributed by atoms with Crippen LogP contribution in [0.3, 0.4) is 0 Å². The zero-order valence-electron chi connectivity index (χ0n) is 13.9. The molecule has 124 valence electrons. The Bertz CT molecular complexity index is 952. The van der Waals surface area contributed by atoms with Gasteiger partial charge < -0.3 is 10.3 Å². The molecule has 3 aromatic rings. The van der Waals surface area contributed by atoms with Crippen LogP contribution in [0.15, 0.2) is 54.7 Å². The molecule has 1 aliphatic heterocycles. The van der Waals surface area contributed by atoms with Crippen LogP contribution in [0.4, 0.5) is 5.69 Å². The van der Waals surface area contributed by atoms with Crippen molar-refractivity contribution in [3.63, 3.8) is 0 Å². The van der Waals surface area contributed by atoms with Gasteiger partial charge in [0.25, 0.3) is 0 Å². The summed E-state index contributed by atoms with van der Waals surface area (Å²) < 4.78 is 0. The van der Waals surface area contributed by atoms with Crippen LogP contribution < -0.4 is 5.32 Å². The van der Waals surface area contributed by atoms with Crippen molar-refractivity contribution >= 4 is 11.6 Å². The number of rotatable bonds is 2. The van der Waals surface area contributed by atoms with Crippen LogP contribution in [0, 0.1) is 0 Å². The van der Waals surface area contributed by atoms with Crippen LogP contribution in [0.2, 0.25) is 0 Å². The average molecular weight is 329 g/mol. The van der Waals surface area contributed by atoms with Gasteiger partial charge in [0, 0.05) is 23.0 Å². The second-order valence-electron chi connectivity index (χ2n) is 7.00. The summed E-state index contributed by atoms with van der Waals surface area (Å²) >= 11 is 0. The third kappa shape index (κ3) is 2.14. The Morgan fingerprint density at radius 2 is 1.76 bits per heavy atom. The first-order valence-electron chi connectivity index (χ1n) is 8.83. The first-order valence-corrected chi connectivity index (χ1v) is 8.83. The molecule has 1 spiro atoms. The van der Waals surface area contributed by atoms with E-state index >= 15 is 0 Å². The number of hydrogen-bond donors (Lipinski definition) is 2. The fourth-order valence-corrected chi connectivity index (χ4v) is 4.26. The van der Waals surface area contributed by atoms with E-state index in [4.69, 9.17) is 4.98 Å². The monoisotopic (exact) mass is 329 g/mol. The number of aromatic amines is 1. The number of carbonyl (C=O) groups is 1. The zero-order valence-corrected chi connectivity index (χ0v) is 13.9. The summed E-state index contributed by atoms with van der Waals surface area (Å²) in [5.41, 5.74) is 4.84. The quantitative estimate of drug-likeness (QED) is 0.727. The lowest BCUT2D eigenvalue weighted by Crippen LogP contribution is -2.30. The molecule has 4 heteroatoms. The van der Waals surface area contributed by atoms with Gasteiger partial charge in [0.15, 0.2) is 0 Å². The van der Waals surface area contributed by atoms with E-state index in [0.29, 0.717) is 0 Å². The molecule has 1 fully saturated rings. The number of aromatic nitrogens is 2. The normalized spacial score (nSPS) is 17.7. The number of nitrogens with zero attached hydrogens (tertiary/aromatic N) is 1. The van der Waals surface area contributed by atoms with Crippen molar-refractivity contribution in [3.8, 4) is 22.6 Å². The summed E-state index contributed by atoms with van der Waals surface area (Å²) in [5.74, 6) is 1.03. The predicted molar refractivity (Wildman–Crippen MR) is 98.2 cm³/mol. The second-order valence-corrected chi connectivity index (χ2v) is 7.00. The maximum Gasteiger partial charge on any atom is 0.235 e. The first-order chi connectivity index (χ1) is 12.3. The topological polar surface area (TPSA) is 57.8 Å². The molecule has 2 aromatic carbocycles. The summed E-state index contributed by atoms with van der Waals surface area (Å²) in [4.78, 5) is 20.6. The molecule has 0 saturated heterocycles. The van der Waals surface area contributed by atoms with Gasteiger partial charge in [-0.1, -0.05) is 49.2 Å². The van der Waals surface area contributed by atoms with Gasteiger partial charge in [-0.2, -0.15) is 0 Å². The maximum absolute atomic E-state index is 12.6. The molecule has 0 radical (unpaired) electrons. The summed E-state index contributed by atoms with van der Waals surface area (Å²) in [6.45, 7) is 0. The fraction of sp³-hybridized carbons (Fsp3) is 0.238. The number of amides is 1. The Morgan fingerprint density at radius 3 is 2.56 bits per heavy atom. The lowest BCUT2D eigenvalue weighted by Gasteiger charge is -2.20. The molecule has 5 rings (SSSR count). The number of fused-ring (bicyclic) bond motifs is 2. The van der Waals surface area contributed by atoms with Crippen LogP contribution >= 0.6 is 0 Å². The number of carbonyl (C=O) groups excluding carboxylic acids is 1. The van der Waals surface area contributed by atoms with Crippen LogP contribution in [-0.4, -0.2) is 15.9 Å². The summed E-state index contributed by atoms with van der Waals surface area (Å²) in [7, 11) is 0. The van der Waals surface area contributed by atoms with E-state index in [1.165, 1.54) is 0 Å². The van der Waals surface area contributed by atoms with E-state index in [9.17, 15) is 4.79 Å². The molecule has 1 aliphatic carbocycles. The van der Waals surface area contributed by atoms with Crippen molar-refractivity contribution in [1.82, 2.24) is 9.97 Å². The highest BCUT2D eigenvalue weighted by molar-refractivity contribution is 6.06. The highest BCUT2D eigenvalue weighted by Crippen LogP contribution is 2.49. The zero-order chi connectivity index (χ0) is 16.9. The molecular formula is C21H19N3O. The molecule has 1 saturated carbocycles. The molecule has 0 unspecified atom stereocenters. The maximum atomic E-state index is 12.6. The van der Waals surface area contributed by atoms with E-state index in [-0.39, 0.29) is 11.3 Å². The molecule has 2 aliphatic rings. The van der Waals surface area contributed by atoms with E-state index in [1.54, 1.807) is 0 Å². The molecule has 4 nitrogen and oxygen atoms in total. The van der Waals surface area contributed by atoms with Crippen LogP contribution in [0.5, 0.6) is 0 Å². The Morgan fingerprint density at radius 1 is 0.960 bits per heavy atom. The molecule has 25 heavy (non-hydrogen) atoms. The summed E-state index contributed by atoms with van der Waals surface area (Å²) in [6.07, 6.45) is 6.08. The van der Waals surface area contributed by atoms with Crippen molar-refractivity contribution in [2.75, 3.05) is 5.32 Å². The molecule has 1 amide bonds. The largest absolute Gasteiger partial charge is 0.344 e. The van der Waals surface area contributed by atoms with E-state index in [2.05, 4.69) is 16.4 Å². The van der Waals surface area contributed by atoms with Crippen LogP contribution in [0.25, 0.3) is 22.6 Å². The third-order valence-corrected chi connectivity index (χ3v) is 5.60. The van der Waals surface area contributed by atoms with Crippen molar-refractivity contribution in [3.05, 3.63) is 60.3 Å². The van der Waals surface area contributed by atoms with Gasteiger partial charge in [-0.3, -0.25) is 4.79 Å². The highest BCUT2D eigenvalue weighted by atomic mass is 16.2. The fourth-order valence-electron chi connectivity index (χ4n) is 4.26. The minimum absolute atomic E-state index is 0.171. The average Bonchev–Trinajstić information content (AvgIpc) is 3.38. The van der Waals surface area contributed by atoms with Crippen molar-refractivity contribution in [2.24, 2.45) is 0 Å². The Balaban J connectivity index is 1.56. The first kappa shape index (κ1) is 14.5. The SMILES string of the molecule is O=C1Nc2ccc(-c3c[nH]c(-c4ccccc4)n3)cc2C12CCCC2.